The molecule has 0 spiro atoms. The Morgan fingerprint density at radius 3 is 2.56 bits per heavy atom. The third-order valence-corrected chi connectivity index (χ3v) is 3.58. The highest BCUT2D eigenvalue weighted by Crippen LogP contribution is 2.37. The Bertz CT molecular complexity index is 379. The molecule has 0 aliphatic heterocycles. The summed E-state index contributed by atoms with van der Waals surface area (Å²) in [5, 5.41) is 3.13. The number of thiazole rings is 1. The van der Waals surface area contributed by atoms with Crippen LogP contribution in [-0.4, -0.2) is 19.1 Å². The van der Waals surface area contributed by atoms with Crippen molar-refractivity contribution < 1.29 is 17.9 Å². The van der Waals surface area contributed by atoms with Gasteiger partial charge in [0.25, 0.3) is 0 Å². The molecule has 0 amide bonds. The second-order valence-electron chi connectivity index (χ2n) is 3.86. The van der Waals surface area contributed by atoms with Crippen molar-refractivity contribution in [2.75, 3.05) is 14.2 Å². The van der Waals surface area contributed by atoms with E-state index in [0.717, 1.165) is 17.8 Å². The number of ether oxygens (including phenoxy) is 1. The van der Waals surface area contributed by atoms with E-state index in [-0.39, 0.29) is 17.5 Å². The lowest BCUT2D eigenvalue weighted by Crippen LogP contribution is -2.13. The summed E-state index contributed by atoms with van der Waals surface area (Å²) in [4.78, 5) is 3.93. The van der Waals surface area contributed by atoms with Gasteiger partial charge in [-0.25, -0.2) is 4.98 Å². The maximum atomic E-state index is 12.8. The molecular weight excluding hydrogens is 265 g/mol. The van der Waals surface area contributed by atoms with E-state index in [9.17, 15) is 13.2 Å². The van der Waals surface area contributed by atoms with Gasteiger partial charge in [0, 0.05) is 13.7 Å². The minimum atomic E-state index is -4.41. The molecule has 0 bridgehead atoms. The number of rotatable bonds is 6. The quantitative estimate of drug-likeness (QED) is 0.868. The molecule has 1 heterocycles. The fourth-order valence-electron chi connectivity index (χ4n) is 1.61. The van der Waals surface area contributed by atoms with Crippen molar-refractivity contribution >= 4 is 11.3 Å². The van der Waals surface area contributed by atoms with Crippen LogP contribution in [0.25, 0.3) is 0 Å². The fourth-order valence-corrected chi connectivity index (χ4v) is 2.82. The van der Waals surface area contributed by atoms with Crippen molar-refractivity contribution in [2.24, 2.45) is 0 Å². The van der Waals surface area contributed by atoms with Crippen LogP contribution in [0.2, 0.25) is 0 Å². The highest BCUT2D eigenvalue weighted by Gasteiger charge is 2.37. The molecule has 0 aliphatic carbocycles. The smallest absolute Gasteiger partial charge is 0.374 e. The van der Waals surface area contributed by atoms with E-state index in [0.29, 0.717) is 11.4 Å². The Balaban J connectivity index is 3.08. The van der Waals surface area contributed by atoms with Crippen LogP contribution in [0.3, 0.4) is 0 Å². The zero-order valence-corrected chi connectivity index (χ0v) is 11.4. The van der Waals surface area contributed by atoms with E-state index >= 15 is 0 Å². The topological polar surface area (TPSA) is 34.1 Å². The fraction of sp³-hybridized carbons (Fsp3) is 0.727. The van der Waals surface area contributed by atoms with Crippen LogP contribution in [0.1, 0.15) is 41.4 Å². The van der Waals surface area contributed by atoms with Crippen molar-refractivity contribution in [3.05, 3.63) is 15.6 Å². The van der Waals surface area contributed by atoms with Gasteiger partial charge in [0.2, 0.25) is 0 Å². The summed E-state index contributed by atoms with van der Waals surface area (Å²) in [6.07, 6.45) is -3.27. The molecule has 104 valence electrons. The van der Waals surface area contributed by atoms with E-state index in [1.54, 1.807) is 7.05 Å². The molecule has 3 nitrogen and oxygen atoms in total. The first kappa shape index (κ1) is 15.4. The third kappa shape index (κ3) is 3.66. The van der Waals surface area contributed by atoms with Crippen LogP contribution in [0, 0.1) is 0 Å². The Labute approximate surface area is 108 Å². The number of hydrogen-bond donors (Lipinski definition) is 1. The molecule has 1 unspecified atom stereocenters. The number of hydrogen-bond acceptors (Lipinski definition) is 4. The SMILES string of the molecule is CCCC(OC)c1nc(C(F)(F)F)c(CNC)s1. The minimum Gasteiger partial charge on any atom is -0.374 e. The summed E-state index contributed by atoms with van der Waals surface area (Å²) in [7, 11) is 3.10. The largest absolute Gasteiger partial charge is 0.434 e. The zero-order chi connectivity index (χ0) is 13.8. The molecule has 1 rings (SSSR count). The second-order valence-corrected chi connectivity index (χ2v) is 4.98. The summed E-state index contributed by atoms with van der Waals surface area (Å²) < 4.78 is 43.6. The minimum absolute atomic E-state index is 0.162. The van der Waals surface area contributed by atoms with Gasteiger partial charge in [-0.05, 0) is 13.5 Å². The average Bonchev–Trinajstić information content (AvgIpc) is 2.70. The molecule has 0 radical (unpaired) electrons. The van der Waals surface area contributed by atoms with Gasteiger partial charge in [-0.15, -0.1) is 11.3 Å². The van der Waals surface area contributed by atoms with Crippen LogP contribution < -0.4 is 5.32 Å². The number of nitrogens with one attached hydrogen (secondary N) is 1. The molecule has 1 aromatic heterocycles. The van der Waals surface area contributed by atoms with E-state index < -0.39 is 11.9 Å². The molecule has 0 fully saturated rings. The van der Waals surface area contributed by atoms with Crippen molar-refractivity contribution in [3.8, 4) is 0 Å². The molecule has 0 aromatic carbocycles. The van der Waals surface area contributed by atoms with Crippen molar-refractivity contribution in [2.45, 2.75) is 38.6 Å². The Kier molecular flexibility index (Phi) is 5.55. The van der Waals surface area contributed by atoms with Crippen molar-refractivity contribution in [1.82, 2.24) is 10.3 Å². The maximum absolute atomic E-state index is 12.8. The van der Waals surface area contributed by atoms with Crippen molar-refractivity contribution in [3.63, 3.8) is 0 Å². The first-order chi connectivity index (χ1) is 8.43. The van der Waals surface area contributed by atoms with E-state index in [1.807, 2.05) is 6.92 Å². The lowest BCUT2D eigenvalue weighted by Gasteiger charge is -2.10. The average molecular weight is 282 g/mol. The lowest BCUT2D eigenvalue weighted by molar-refractivity contribution is -0.141. The van der Waals surface area contributed by atoms with Gasteiger partial charge >= 0.3 is 6.18 Å². The van der Waals surface area contributed by atoms with Gasteiger partial charge in [0.05, 0.1) is 4.88 Å². The molecule has 7 heteroatoms. The highest BCUT2D eigenvalue weighted by molar-refractivity contribution is 7.11. The van der Waals surface area contributed by atoms with E-state index in [1.165, 1.54) is 7.11 Å². The molecular formula is C11H17F3N2OS. The van der Waals surface area contributed by atoms with Crippen LogP contribution in [0.5, 0.6) is 0 Å². The number of halogens is 3. The first-order valence-electron chi connectivity index (χ1n) is 5.68. The lowest BCUT2D eigenvalue weighted by atomic mass is 10.2. The van der Waals surface area contributed by atoms with Gasteiger partial charge in [-0.2, -0.15) is 13.2 Å². The molecule has 1 atom stereocenters. The van der Waals surface area contributed by atoms with E-state index in [4.69, 9.17) is 4.74 Å². The molecule has 1 N–H and O–H groups in total. The number of alkyl halides is 3. The third-order valence-electron chi connectivity index (χ3n) is 2.43. The second kappa shape index (κ2) is 6.49. The van der Waals surface area contributed by atoms with Gasteiger partial charge in [-0.3, -0.25) is 0 Å². The van der Waals surface area contributed by atoms with Crippen LogP contribution in [-0.2, 0) is 17.5 Å². The Morgan fingerprint density at radius 2 is 2.11 bits per heavy atom. The molecule has 0 aliphatic rings. The van der Waals surface area contributed by atoms with Gasteiger partial charge in [-0.1, -0.05) is 13.3 Å². The highest BCUT2D eigenvalue weighted by atomic mass is 32.1. The van der Waals surface area contributed by atoms with Crippen molar-refractivity contribution in [1.29, 1.82) is 0 Å². The number of nitrogens with zero attached hydrogens (tertiary/aromatic N) is 1. The number of methoxy groups -OCH3 is 1. The normalized spacial score (nSPS) is 13.9. The van der Waals surface area contributed by atoms with Crippen LogP contribution >= 0.6 is 11.3 Å². The molecule has 0 saturated carbocycles. The monoisotopic (exact) mass is 282 g/mol. The van der Waals surface area contributed by atoms with Crippen LogP contribution in [0.4, 0.5) is 13.2 Å². The number of aromatic nitrogens is 1. The summed E-state index contributed by atoms with van der Waals surface area (Å²) in [5.74, 6) is 0. The summed E-state index contributed by atoms with van der Waals surface area (Å²) in [6.45, 7) is 2.12. The van der Waals surface area contributed by atoms with Gasteiger partial charge < -0.3 is 10.1 Å². The molecule has 1 aromatic rings. The van der Waals surface area contributed by atoms with Crippen LogP contribution in [0.15, 0.2) is 0 Å². The zero-order valence-electron chi connectivity index (χ0n) is 10.6. The summed E-state index contributed by atoms with van der Waals surface area (Å²) in [6, 6.07) is 0. The predicted octanol–water partition coefficient (Wildman–Crippen LogP) is 3.37. The molecule has 18 heavy (non-hydrogen) atoms. The maximum Gasteiger partial charge on any atom is 0.434 e. The van der Waals surface area contributed by atoms with Gasteiger partial charge in [0.15, 0.2) is 5.69 Å². The molecule has 0 saturated heterocycles. The standard InChI is InChI=1S/C11H17F3N2OS/c1-4-5-7(17-3)10-16-9(11(12,13)14)8(18-10)6-15-2/h7,15H,4-6H2,1-3H3. The summed E-state index contributed by atoms with van der Waals surface area (Å²) in [5.41, 5.74) is -0.796. The van der Waals surface area contributed by atoms with E-state index in [2.05, 4.69) is 10.3 Å². The first-order valence-corrected chi connectivity index (χ1v) is 6.49. The Hall–Kier alpha value is -0.660. The Morgan fingerprint density at radius 1 is 1.44 bits per heavy atom. The van der Waals surface area contributed by atoms with Gasteiger partial charge in [0.1, 0.15) is 11.1 Å². The summed E-state index contributed by atoms with van der Waals surface area (Å²) >= 11 is 1.06. The predicted molar refractivity (Wildman–Crippen MR) is 64.5 cm³/mol.